The molecule has 0 atom stereocenters. The lowest BCUT2D eigenvalue weighted by Gasteiger charge is -2.10. The first-order valence-electron chi connectivity index (χ1n) is 6.67. The Morgan fingerprint density at radius 3 is 2.71 bits per heavy atom. The van der Waals surface area contributed by atoms with Crippen molar-refractivity contribution in [3.05, 3.63) is 65.9 Å². The first kappa shape index (κ1) is 13.1. The lowest BCUT2D eigenvalue weighted by Crippen LogP contribution is -2.14. The number of rotatable bonds is 2. The van der Waals surface area contributed by atoms with Crippen LogP contribution in [0, 0.1) is 6.92 Å². The molecule has 4 heteroatoms. The maximum Gasteiger partial charge on any atom is 0.256 e. The van der Waals surface area contributed by atoms with Gasteiger partial charge in [-0.1, -0.05) is 24.3 Å². The van der Waals surface area contributed by atoms with Gasteiger partial charge in [0.1, 0.15) is 0 Å². The molecule has 0 spiro atoms. The summed E-state index contributed by atoms with van der Waals surface area (Å²) in [6.45, 7) is 1.84. The molecule has 21 heavy (non-hydrogen) atoms. The van der Waals surface area contributed by atoms with Crippen LogP contribution in [0.4, 0.5) is 11.4 Å². The minimum atomic E-state index is -0.182. The molecular weight excluding hydrogens is 262 g/mol. The van der Waals surface area contributed by atoms with Gasteiger partial charge in [0.15, 0.2) is 0 Å². The smallest absolute Gasteiger partial charge is 0.256 e. The fourth-order valence-corrected chi connectivity index (χ4v) is 2.29. The van der Waals surface area contributed by atoms with Gasteiger partial charge in [-0.15, -0.1) is 0 Å². The minimum Gasteiger partial charge on any atom is -0.398 e. The SMILES string of the molecule is Cc1c(N)cccc1C(=O)Nc1cccc2cccnc12. The molecule has 3 rings (SSSR count). The Labute approximate surface area is 122 Å². The highest BCUT2D eigenvalue weighted by molar-refractivity contribution is 6.09. The van der Waals surface area contributed by atoms with Crippen LogP contribution >= 0.6 is 0 Å². The molecule has 0 aliphatic rings. The fraction of sp³-hybridized carbons (Fsp3) is 0.0588. The summed E-state index contributed by atoms with van der Waals surface area (Å²) >= 11 is 0. The zero-order valence-corrected chi connectivity index (χ0v) is 11.6. The molecule has 0 aliphatic carbocycles. The third-order valence-electron chi connectivity index (χ3n) is 3.50. The van der Waals surface area contributed by atoms with Crippen molar-refractivity contribution in [1.82, 2.24) is 4.98 Å². The van der Waals surface area contributed by atoms with Crippen LogP contribution in [0.15, 0.2) is 54.7 Å². The number of pyridine rings is 1. The second-order valence-electron chi connectivity index (χ2n) is 4.85. The number of benzene rings is 2. The number of nitrogens with one attached hydrogen (secondary N) is 1. The van der Waals surface area contributed by atoms with E-state index in [1.807, 2.05) is 37.3 Å². The molecule has 1 amide bonds. The molecule has 3 aromatic rings. The Hall–Kier alpha value is -2.88. The highest BCUT2D eigenvalue weighted by Crippen LogP contribution is 2.22. The Bertz CT molecular complexity index is 822. The monoisotopic (exact) mass is 277 g/mol. The van der Waals surface area contributed by atoms with Crippen LogP contribution in [0.1, 0.15) is 15.9 Å². The highest BCUT2D eigenvalue weighted by Gasteiger charge is 2.12. The van der Waals surface area contributed by atoms with E-state index in [9.17, 15) is 4.79 Å². The second kappa shape index (κ2) is 5.25. The quantitative estimate of drug-likeness (QED) is 0.706. The number of aromatic nitrogens is 1. The van der Waals surface area contributed by atoms with E-state index in [0.717, 1.165) is 16.5 Å². The van der Waals surface area contributed by atoms with Crippen molar-refractivity contribution in [3.8, 4) is 0 Å². The molecular formula is C17H15N3O. The molecule has 4 nitrogen and oxygen atoms in total. The van der Waals surface area contributed by atoms with Gasteiger partial charge in [0.25, 0.3) is 5.91 Å². The Balaban J connectivity index is 1.99. The summed E-state index contributed by atoms with van der Waals surface area (Å²) in [6.07, 6.45) is 1.71. The summed E-state index contributed by atoms with van der Waals surface area (Å²) in [5, 5.41) is 3.90. The molecule has 2 aromatic carbocycles. The minimum absolute atomic E-state index is 0.182. The van der Waals surface area contributed by atoms with Crippen molar-refractivity contribution in [1.29, 1.82) is 0 Å². The van der Waals surface area contributed by atoms with Gasteiger partial charge in [0, 0.05) is 22.8 Å². The number of hydrogen-bond acceptors (Lipinski definition) is 3. The van der Waals surface area contributed by atoms with Crippen LogP contribution in [-0.2, 0) is 0 Å². The number of nitrogens with two attached hydrogens (primary N) is 1. The normalized spacial score (nSPS) is 10.5. The molecule has 0 saturated carbocycles. The number of nitrogen functional groups attached to an aromatic ring is 1. The van der Waals surface area contributed by atoms with E-state index in [4.69, 9.17) is 5.73 Å². The Morgan fingerprint density at radius 2 is 1.86 bits per heavy atom. The summed E-state index contributed by atoms with van der Waals surface area (Å²) in [4.78, 5) is 16.8. The van der Waals surface area contributed by atoms with Crippen LogP contribution < -0.4 is 11.1 Å². The number of hydrogen-bond donors (Lipinski definition) is 2. The molecule has 0 radical (unpaired) electrons. The Morgan fingerprint density at radius 1 is 1.10 bits per heavy atom. The predicted molar refractivity (Wildman–Crippen MR) is 85.3 cm³/mol. The van der Waals surface area contributed by atoms with Crippen LogP contribution in [0.5, 0.6) is 0 Å². The lowest BCUT2D eigenvalue weighted by molar-refractivity contribution is 0.102. The summed E-state index contributed by atoms with van der Waals surface area (Å²) in [5.74, 6) is -0.182. The topological polar surface area (TPSA) is 68.0 Å². The van der Waals surface area contributed by atoms with Crippen LogP contribution in [-0.4, -0.2) is 10.9 Å². The summed E-state index contributed by atoms with van der Waals surface area (Å²) in [5.41, 5.74) is 9.28. The summed E-state index contributed by atoms with van der Waals surface area (Å²) < 4.78 is 0. The second-order valence-corrected chi connectivity index (χ2v) is 4.85. The first-order chi connectivity index (χ1) is 10.2. The largest absolute Gasteiger partial charge is 0.398 e. The molecule has 0 aliphatic heterocycles. The van der Waals surface area contributed by atoms with Crippen LogP contribution in [0.3, 0.4) is 0 Å². The predicted octanol–water partition coefficient (Wildman–Crippen LogP) is 3.38. The molecule has 0 unspecified atom stereocenters. The van der Waals surface area contributed by atoms with Crippen LogP contribution in [0.2, 0.25) is 0 Å². The highest BCUT2D eigenvalue weighted by atomic mass is 16.1. The van der Waals surface area contributed by atoms with E-state index in [-0.39, 0.29) is 5.91 Å². The van der Waals surface area contributed by atoms with E-state index >= 15 is 0 Å². The lowest BCUT2D eigenvalue weighted by atomic mass is 10.1. The number of nitrogens with zero attached hydrogens (tertiary/aromatic N) is 1. The van der Waals surface area contributed by atoms with Gasteiger partial charge >= 0.3 is 0 Å². The van der Waals surface area contributed by atoms with E-state index in [0.29, 0.717) is 16.9 Å². The van der Waals surface area contributed by atoms with Gasteiger partial charge in [0.2, 0.25) is 0 Å². The van der Waals surface area contributed by atoms with Crippen molar-refractivity contribution in [2.45, 2.75) is 6.92 Å². The van der Waals surface area contributed by atoms with Gasteiger partial charge in [-0.25, -0.2) is 0 Å². The Kier molecular flexibility index (Phi) is 3.28. The fourth-order valence-electron chi connectivity index (χ4n) is 2.29. The van der Waals surface area contributed by atoms with Crippen molar-refractivity contribution in [2.75, 3.05) is 11.1 Å². The average Bonchev–Trinajstić information content (AvgIpc) is 2.50. The summed E-state index contributed by atoms with van der Waals surface area (Å²) in [6, 6.07) is 14.9. The van der Waals surface area contributed by atoms with Crippen molar-refractivity contribution in [2.24, 2.45) is 0 Å². The molecule has 0 bridgehead atoms. The number of para-hydroxylation sites is 1. The van der Waals surface area contributed by atoms with Gasteiger partial charge < -0.3 is 11.1 Å². The van der Waals surface area contributed by atoms with E-state index in [2.05, 4.69) is 10.3 Å². The first-order valence-corrected chi connectivity index (χ1v) is 6.67. The maximum atomic E-state index is 12.4. The van der Waals surface area contributed by atoms with E-state index in [1.54, 1.807) is 24.4 Å². The van der Waals surface area contributed by atoms with E-state index in [1.165, 1.54) is 0 Å². The summed E-state index contributed by atoms with van der Waals surface area (Å²) in [7, 11) is 0. The molecule has 0 saturated heterocycles. The average molecular weight is 277 g/mol. The van der Waals surface area contributed by atoms with Gasteiger partial charge in [-0.2, -0.15) is 0 Å². The molecule has 0 fully saturated rings. The molecule has 1 aromatic heterocycles. The van der Waals surface area contributed by atoms with Crippen LogP contribution in [0.25, 0.3) is 10.9 Å². The molecule has 104 valence electrons. The standard InChI is InChI=1S/C17H15N3O/c1-11-13(7-3-8-14(11)18)17(21)20-15-9-2-5-12-6-4-10-19-16(12)15/h2-10H,18H2,1H3,(H,20,21). The third-order valence-corrected chi connectivity index (χ3v) is 3.50. The number of amides is 1. The zero-order valence-electron chi connectivity index (χ0n) is 11.6. The van der Waals surface area contributed by atoms with Crippen molar-refractivity contribution < 1.29 is 4.79 Å². The molecule has 3 N–H and O–H groups in total. The number of carbonyl (C=O) groups is 1. The number of carbonyl (C=O) groups excluding carboxylic acids is 1. The third kappa shape index (κ3) is 2.43. The number of fused-ring (bicyclic) bond motifs is 1. The van der Waals surface area contributed by atoms with Crippen molar-refractivity contribution in [3.63, 3.8) is 0 Å². The van der Waals surface area contributed by atoms with E-state index < -0.39 is 0 Å². The van der Waals surface area contributed by atoms with Gasteiger partial charge in [0.05, 0.1) is 11.2 Å². The zero-order chi connectivity index (χ0) is 14.8. The number of anilines is 2. The van der Waals surface area contributed by atoms with Gasteiger partial charge in [-0.3, -0.25) is 9.78 Å². The molecule has 1 heterocycles. The van der Waals surface area contributed by atoms with Gasteiger partial charge in [-0.05, 0) is 36.8 Å². The van der Waals surface area contributed by atoms with Crippen molar-refractivity contribution >= 4 is 28.2 Å². The maximum absolute atomic E-state index is 12.4.